The first-order valence-electron chi connectivity index (χ1n) is 13.8. The molecule has 0 unspecified atom stereocenters. The molecular formula is C32H36N4O3. The van der Waals surface area contributed by atoms with Crippen LogP contribution in [0, 0.1) is 0 Å². The summed E-state index contributed by atoms with van der Waals surface area (Å²) >= 11 is 0. The maximum Gasteiger partial charge on any atom is 0.253 e. The molecule has 3 amide bonds. The Balaban J connectivity index is 1.31. The maximum absolute atomic E-state index is 14.0. The molecule has 2 saturated heterocycles. The molecule has 2 fully saturated rings. The largest absolute Gasteiger partial charge is 0.348 e. The molecule has 39 heavy (non-hydrogen) atoms. The van der Waals surface area contributed by atoms with Gasteiger partial charge in [-0.05, 0) is 61.6 Å². The third kappa shape index (κ3) is 5.39. The summed E-state index contributed by atoms with van der Waals surface area (Å²) in [6.45, 7) is 5.33. The Kier molecular flexibility index (Phi) is 7.68. The van der Waals surface area contributed by atoms with Crippen LogP contribution in [0.3, 0.4) is 0 Å². The Labute approximate surface area is 230 Å². The number of hydrogen-bond acceptors (Lipinski definition) is 4. The fraction of sp³-hybridized carbons (Fsp3) is 0.344. The minimum atomic E-state index is -0.782. The van der Waals surface area contributed by atoms with E-state index in [0.717, 1.165) is 17.7 Å². The lowest BCUT2D eigenvalue weighted by molar-refractivity contribution is -0.137. The Bertz CT molecular complexity index is 1300. The lowest BCUT2D eigenvalue weighted by atomic mass is 9.85. The molecular weight excluding hydrogens is 488 g/mol. The normalized spacial score (nSPS) is 17.4. The van der Waals surface area contributed by atoms with Gasteiger partial charge >= 0.3 is 0 Å². The van der Waals surface area contributed by atoms with Crippen molar-refractivity contribution in [2.45, 2.75) is 44.7 Å². The number of rotatable bonds is 7. The molecule has 5 rings (SSSR count). The summed E-state index contributed by atoms with van der Waals surface area (Å²) in [5.41, 5.74) is 3.05. The van der Waals surface area contributed by atoms with Gasteiger partial charge in [-0.15, -0.1) is 0 Å². The third-order valence-electron chi connectivity index (χ3n) is 8.08. The molecule has 0 bridgehead atoms. The van der Waals surface area contributed by atoms with E-state index in [-0.39, 0.29) is 30.3 Å². The fourth-order valence-electron chi connectivity index (χ4n) is 5.75. The monoisotopic (exact) mass is 524 g/mol. The van der Waals surface area contributed by atoms with Crippen LogP contribution < -0.4 is 10.2 Å². The number of benzene rings is 3. The third-order valence-corrected chi connectivity index (χ3v) is 8.08. The molecule has 0 aromatic heterocycles. The van der Waals surface area contributed by atoms with Gasteiger partial charge in [0.25, 0.3) is 11.8 Å². The number of likely N-dealkylation sites (tertiary alicyclic amines) is 1. The van der Waals surface area contributed by atoms with E-state index >= 15 is 0 Å². The van der Waals surface area contributed by atoms with Crippen molar-refractivity contribution in [3.63, 3.8) is 0 Å². The maximum atomic E-state index is 14.0. The van der Waals surface area contributed by atoms with Crippen LogP contribution in [-0.2, 0) is 16.0 Å². The second-order valence-corrected chi connectivity index (χ2v) is 10.5. The van der Waals surface area contributed by atoms with Crippen LogP contribution in [-0.4, -0.2) is 59.4 Å². The number of amides is 3. The Hall–Kier alpha value is -4.13. The lowest BCUT2D eigenvalue weighted by Gasteiger charge is -2.43. The summed E-state index contributed by atoms with van der Waals surface area (Å²) in [4.78, 5) is 45.8. The molecule has 7 nitrogen and oxygen atoms in total. The van der Waals surface area contributed by atoms with Gasteiger partial charge in [-0.3, -0.25) is 14.4 Å². The summed E-state index contributed by atoms with van der Waals surface area (Å²) < 4.78 is 0. The van der Waals surface area contributed by atoms with Crippen molar-refractivity contribution in [2.75, 3.05) is 31.2 Å². The highest BCUT2D eigenvalue weighted by atomic mass is 16.2. The summed E-state index contributed by atoms with van der Waals surface area (Å²) in [5.74, 6) is -0.239. The van der Waals surface area contributed by atoms with Crippen molar-refractivity contribution in [3.05, 3.63) is 102 Å². The van der Waals surface area contributed by atoms with Gasteiger partial charge in [0.05, 0.1) is 12.7 Å². The Morgan fingerprint density at radius 1 is 0.897 bits per heavy atom. The van der Waals surface area contributed by atoms with Gasteiger partial charge in [0.2, 0.25) is 5.91 Å². The molecule has 2 heterocycles. The Morgan fingerprint density at radius 3 is 2.13 bits per heavy atom. The number of piperidine rings is 1. The molecule has 0 aliphatic carbocycles. The lowest BCUT2D eigenvalue weighted by Crippen LogP contribution is -2.57. The van der Waals surface area contributed by atoms with E-state index in [1.165, 1.54) is 5.56 Å². The molecule has 7 heteroatoms. The molecule has 1 N–H and O–H groups in total. The van der Waals surface area contributed by atoms with Gasteiger partial charge < -0.3 is 20.0 Å². The van der Waals surface area contributed by atoms with E-state index < -0.39 is 5.54 Å². The van der Waals surface area contributed by atoms with Crippen molar-refractivity contribution in [2.24, 2.45) is 0 Å². The summed E-state index contributed by atoms with van der Waals surface area (Å²) in [6.07, 6.45) is 1.95. The molecule has 0 radical (unpaired) electrons. The van der Waals surface area contributed by atoms with Gasteiger partial charge in [0.1, 0.15) is 12.1 Å². The topological polar surface area (TPSA) is 73.0 Å². The van der Waals surface area contributed by atoms with E-state index in [1.807, 2.05) is 96.8 Å². The summed E-state index contributed by atoms with van der Waals surface area (Å²) in [7, 11) is 0. The summed E-state index contributed by atoms with van der Waals surface area (Å²) in [5, 5.41) is 3.03. The first kappa shape index (κ1) is 26.5. The van der Waals surface area contributed by atoms with Gasteiger partial charge in [0, 0.05) is 24.3 Å². The van der Waals surface area contributed by atoms with Gasteiger partial charge in [-0.2, -0.15) is 0 Å². The van der Waals surface area contributed by atoms with Gasteiger partial charge in [-0.1, -0.05) is 67.6 Å². The molecule has 0 saturated carbocycles. The molecule has 3 aromatic rings. The predicted molar refractivity (Wildman–Crippen MR) is 152 cm³/mol. The number of hydrogen-bond donors (Lipinski definition) is 1. The number of anilines is 1. The molecule has 202 valence electrons. The zero-order valence-corrected chi connectivity index (χ0v) is 22.7. The van der Waals surface area contributed by atoms with Crippen LogP contribution in [0.25, 0.3) is 0 Å². The zero-order valence-electron chi connectivity index (χ0n) is 22.7. The molecule has 2 aliphatic rings. The highest BCUT2D eigenvalue weighted by Gasteiger charge is 2.54. The average molecular weight is 525 g/mol. The fourth-order valence-corrected chi connectivity index (χ4v) is 5.75. The van der Waals surface area contributed by atoms with E-state index in [2.05, 4.69) is 17.1 Å². The number of nitrogens with one attached hydrogen (secondary N) is 1. The van der Waals surface area contributed by atoms with Crippen LogP contribution in [0.15, 0.2) is 84.9 Å². The van der Waals surface area contributed by atoms with E-state index in [9.17, 15) is 14.4 Å². The summed E-state index contributed by atoms with van der Waals surface area (Å²) in [6, 6.07) is 27.3. The number of carbonyl (C=O) groups is 3. The molecule has 2 aliphatic heterocycles. The van der Waals surface area contributed by atoms with E-state index in [1.54, 1.807) is 4.90 Å². The Morgan fingerprint density at radius 2 is 1.51 bits per heavy atom. The number of carbonyl (C=O) groups excluding carboxylic acids is 3. The highest BCUT2D eigenvalue weighted by molar-refractivity contribution is 5.97. The minimum absolute atomic E-state index is 0.00431. The molecule has 1 spiro atoms. The SMILES string of the molecule is CCc1ccc(C(=O)N2CCC3(CC2)C(=O)N(CC(=O)N[C@H](C)c2ccccc2)CN3c2ccccc2)cc1. The van der Waals surface area contributed by atoms with Crippen LogP contribution in [0.1, 0.15) is 54.2 Å². The first-order chi connectivity index (χ1) is 18.9. The van der Waals surface area contributed by atoms with Crippen molar-refractivity contribution in [1.29, 1.82) is 0 Å². The van der Waals surface area contributed by atoms with Gasteiger partial charge in [-0.25, -0.2) is 0 Å². The second kappa shape index (κ2) is 11.3. The van der Waals surface area contributed by atoms with Crippen molar-refractivity contribution < 1.29 is 14.4 Å². The standard InChI is InChI=1S/C32H36N4O3/c1-3-25-14-16-27(17-15-25)30(38)34-20-18-32(19-21-34)31(39)35(23-36(32)28-12-8-5-9-13-28)22-29(37)33-24(2)26-10-6-4-7-11-26/h4-17,24H,3,18-23H2,1-2H3,(H,33,37)/t24-/m1/s1. The van der Waals surface area contributed by atoms with E-state index in [4.69, 9.17) is 0 Å². The number of nitrogens with zero attached hydrogens (tertiary/aromatic N) is 3. The molecule has 3 aromatic carbocycles. The van der Waals surface area contributed by atoms with Crippen molar-refractivity contribution >= 4 is 23.4 Å². The number of aryl methyl sites for hydroxylation is 1. The van der Waals surface area contributed by atoms with Gasteiger partial charge in [0.15, 0.2) is 0 Å². The van der Waals surface area contributed by atoms with Crippen molar-refractivity contribution in [3.8, 4) is 0 Å². The zero-order chi connectivity index (χ0) is 27.4. The average Bonchev–Trinajstić information content (AvgIpc) is 3.24. The van der Waals surface area contributed by atoms with Crippen LogP contribution in [0.4, 0.5) is 5.69 Å². The predicted octanol–water partition coefficient (Wildman–Crippen LogP) is 4.41. The van der Waals surface area contributed by atoms with E-state index in [0.29, 0.717) is 38.2 Å². The van der Waals surface area contributed by atoms with Crippen LogP contribution in [0.2, 0.25) is 0 Å². The second-order valence-electron chi connectivity index (χ2n) is 10.5. The van der Waals surface area contributed by atoms with Crippen molar-refractivity contribution in [1.82, 2.24) is 15.1 Å². The minimum Gasteiger partial charge on any atom is -0.348 e. The quantitative estimate of drug-likeness (QED) is 0.497. The smallest absolute Gasteiger partial charge is 0.253 e. The first-order valence-corrected chi connectivity index (χ1v) is 13.8. The van der Waals surface area contributed by atoms with Crippen LogP contribution >= 0.6 is 0 Å². The molecule has 1 atom stereocenters. The van der Waals surface area contributed by atoms with Crippen LogP contribution in [0.5, 0.6) is 0 Å². The highest BCUT2D eigenvalue weighted by Crippen LogP contribution is 2.39. The number of para-hydroxylation sites is 1.